The minimum Gasteiger partial charge on any atom is -0.397 e. The predicted octanol–water partition coefficient (Wildman–Crippen LogP) is 9.02. The van der Waals surface area contributed by atoms with E-state index in [9.17, 15) is 19.3 Å². The number of rotatable bonds is 12. The number of amides is 1. The third kappa shape index (κ3) is 13.7. The highest BCUT2D eigenvalue weighted by Gasteiger charge is 2.14. The number of benzene rings is 2. The summed E-state index contributed by atoms with van der Waals surface area (Å²) in [6.07, 6.45) is 5.75. The molecule has 3 rings (SSSR count). The Bertz CT molecular complexity index is 1330. The molecule has 2 unspecified atom stereocenters. The molecule has 0 aliphatic rings. The first-order valence-electron chi connectivity index (χ1n) is 16.3. The van der Waals surface area contributed by atoms with Crippen LogP contribution in [-0.4, -0.2) is 41.7 Å². The number of non-ortho nitro benzene ring substituents is 1. The van der Waals surface area contributed by atoms with Gasteiger partial charge in [0.15, 0.2) is 0 Å². The normalized spacial score (nSPS) is 11.2. The Balaban J connectivity index is 0.000000654. The van der Waals surface area contributed by atoms with Crippen LogP contribution in [0.15, 0.2) is 60.8 Å². The smallest absolute Gasteiger partial charge is 0.269 e. The quantitative estimate of drug-likeness (QED) is 0.103. The van der Waals surface area contributed by atoms with Crippen LogP contribution < -0.4 is 16.0 Å². The lowest BCUT2D eigenvalue weighted by atomic mass is 9.98. The van der Waals surface area contributed by atoms with Gasteiger partial charge in [-0.1, -0.05) is 61.5 Å². The van der Waals surface area contributed by atoms with Crippen LogP contribution >= 0.6 is 0 Å². The molecule has 0 bridgehead atoms. The van der Waals surface area contributed by atoms with Gasteiger partial charge in [0, 0.05) is 44.0 Å². The fourth-order valence-corrected chi connectivity index (χ4v) is 4.17. The van der Waals surface area contributed by atoms with E-state index in [0.29, 0.717) is 28.6 Å². The van der Waals surface area contributed by atoms with E-state index in [1.54, 1.807) is 24.4 Å². The molecule has 0 aliphatic heterocycles. The molecule has 1 amide bonds. The van der Waals surface area contributed by atoms with Gasteiger partial charge in [-0.05, 0) is 79.5 Å². The number of carbonyl (C=O) groups excluding carboxylic acids is 1. The topological polar surface area (TPSA) is 138 Å². The van der Waals surface area contributed by atoms with Crippen LogP contribution in [0.2, 0.25) is 0 Å². The van der Waals surface area contributed by atoms with E-state index in [4.69, 9.17) is 11.1 Å². The summed E-state index contributed by atoms with van der Waals surface area (Å²) in [7, 11) is 1.50. The number of nitrogens with two attached hydrogens (primary N) is 1. The molecular weight excluding hydrogens is 583 g/mol. The van der Waals surface area contributed by atoms with E-state index in [2.05, 4.69) is 55.9 Å². The largest absolute Gasteiger partial charge is 0.397 e. The number of nitro benzene ring substituents is 1. The lowest BCUT2D eigenvalue weighted by molar-refractivity contribution is -0.384. The molecule has 0 saturated heterocycles. The maximum absolute atomic E-state index is 14.2. The van der Waals surface area contributed by atoms with Crippen molar-refractivity contribution in [2.75, 3.05) is 30.8 Å². The molecule has 254 valence electrons. The highest BCUT2D eigenvalue weighted by atomic mass is 19.1. The summed E-state index contributed by atoms with van der Waals surface area (Å²) in [5, 5.41) is 20.5. The van der Waals surface area contributed by atoms with Gasteiger partial charge in [-0.15, -0.1) is 0 Å². The number of nitrogens with zero attached hydrogens (tertiary/aromatic N) is 3. The van der Waals surface area contributed by atoms with Crippen LogP contribution in [0.5, 0.6) is 0 Å². The van der Waals surface area contributed by atoms with Gasteiger partial charge >= 0.3 is 0 Å². The van der Waals surface area contributed by atoms with Gasteiger partial charge in [0.05, 0.1) is 22.0 Å². The first-order chi connectivity index (χ1) is 21.9. The molecule has 4 N–H and O–H groups in total. The Morgan fingerprint density at radius 3 is 2.04 bits per heavy atom. The molecule has 0 fully saturated rings. The zero-order chi connectivity index (χ0) is 35.2. The average Bonchev–Trinajstić information content (AvgIpc) is 3.08. The van der Waals surface area contributed by atoms with Gasteiger partial charge < -0.3 is 21.4 Å². The third-order valence-electron chi connectivity index (χ3n) is 7.25. The zero-order valence-electron chi connectivity index (χ0n) is 29.2. The number of pyridine rings is 1. The number of nitrogens with one attached hydrogen (secondary N) is 2. The van der Waals surface area contributed by atoms with Gasteiger partial charge in [-0.25, -0.2) is 4.39 Å². The van der Waals surface area contributed by atoms with E-state index >= 15 is 0 Å². The Morgan fingerprint density at radius 1 is 1.02 bits per heavy atom. The van der Waals surface area contributed by atoms with E-state index in [0.717, 1.165) is 50.0 Å². The number of nitrogen functional groups attached to an aromatic ring is 1. The van der Waals surface area contributed by atoms with E-state index in [1.807, 2.05) is 26.8 Å². The Labute approximate surface area is 275 Å². The maximum Gasteiger partial charge on any atom is 0.269 e. The Hall–Kier alpha value is -4.34. The van der Waals surface area contributed by atoms with E-state index in [-0.39, 0.29) is 23.3 Å². The van der Waals surface area contributed by atoms with Gasteiger partial charge in [-0.2, -0.15) is 0 Å². The third-order valence-corrected chi connectivity index (χ3v) is 7.25. The number of hydrogen-bond donors (Lipinski definition) is 3. The second-order valence-electron chi connectivity index (χ2n) is 10.6. The average molecular weight is 639 g/mol. The van der Waals surface area contributed by atoms with Crippen LogP contribution in [0.3, 0.4) is 0 Å². The Kier molecular flexibility index (Phi) is 20.9. The highest BCUT2D eigenvalue weighted by molar-refractivity contribution is 6.02. The summed E-state index contributed by atoms with van der Waals surface area (Å²) < 4.78 is 14.2. The second-order valence-corrected chi connectivity index (χ2v) is 10.6. The molecule has 1 heterocycles. The summed E-state index contributed by atoms with van der Waals surface area (Å²) >= 11 is 0. The number of halogens is 1. The van der Waals surface area contributed by atoms with Crippen LogP contribution in [0.25, 0.3) is 0 Å². The fourth-order valence-electron chi connectivity index (χ4n) is 4.17. The molecule has 9 nitrogen and oxygen atoms in total. The molecule has 2 aromatic carbocycles. The van der Waals surface area contributed by atoms with Crippen molar-refractivity contribution < 1.29 is 14.1 Å². The van der Waals surface area contributed by atoms with Crippen LogP contribution in [0, 0.1) is 27.3 Å². The lowest BCUT2D eigenvalue weighted by Gasteiger charge is -2.25. The van der Waals surface area contributed by atoms with Crippen molar-refractivity contribution >= 4 is 28.7 Å². The molecule has 0 saturated carbocycles. The SMILES string of the molecule is CC.CCC(C)C(=N)c1ncccc1N.CCCN(CCC)c1ccc(C(C)CC)cc1F.CNC(=O)c1ccc([N+](=O)[O-])cc1. The van der Waals surface area contributed by atoms with Crippen molar-refractivity contribution in [1.29, 1.82) is 5.41 Å². The number of hydrogen-bond acceptors (Lipinski definition) is 7. The summed E-state index contributed by atoms with van der Waals surface area (Å²) in [6.45, 7) is 18.5. The molecule has 3 aromatic rings. The molecule has 0 spiro atoms. The second kappa shape index (κ2) is 23.1. The molecule has 46 heavy (non-hydrogen) atoms. The molecule has 0 aliphatic carbocycles. The first kappa shape index (κ1) is 41.7. The standard InChI is InChI=1S/C16H26FN.C10H15N3.C8H8N2O3.C2H6/c1-5-10-18(11-6-2)16-9-8-14(12-15(16)17)13(4)7-3;1-3-7(2)9(12)10-8(11)5-4-6-13-10;1-9-8(11)6-2-4-7(5-3-6)10(12)13;1-2/h8-9,12-13H,5-7,10-11H2,1-4H3;4-7,12H,3,11H2,1-2H3;2-5H,1H3,(H,9,11);1-2H3. The van der Waals surface area contributed by atoms with Gasteiger partial charge in [0.1, 0.15) is 11.5 Å². The molecular formula is C36H55FN6O3. The zero-order valence-corrected chi connectivity index (χ0v) is 29.2. The summed E-state index contributed by atoms with van der Waals surface area (Å²) in [4.78, 5) is 27.0. The molecule has 0 radical (unpaired) electrons. The minimum absolute atomic E-state index is 0.0207. The first-order valence-corrected chi connectivity index (χ1v) is 16.3. The van der Waals surface area contributed by atoms with Crippen LogP contribution in [0.1, 0.15) is 109 Å². The minimum atomic E-state index is -0.506. The number of anilines is 2. The van der Waals surface area contributed by atoms with E-state index in [1.165, 1.54) is 31.3 Å². The van der Waals surface area contributed by atoms with Crippen molar-refractivity contribution in [1.82, 2.24) is 10.3 Å². The summed E-state index contributed by atoms with van der Waals surface area (Å²) in [6, 6.07) is 14.7. The van der Waals surface area contributed by atoms with Crippen LogP contribution in [0.4, 0.5) is 21.5 Å². The number of aromatic nitrogens is 1. The monoisotopic (exact) mass is 638 g/mol. The highest BCUT2D eigenvalue weighted by Crippen LogP contribution is 2.26. The molecule has 1 aromatic heterocycles. The van der Waals surface area contributed by atoms with Crippen molar-refractivity contribution in [3.63, 3.8) is 0 Å². The maximum atomic E-state index is 14.2. The molecule has 10 heteroatoms. The van der Waals surface area contributed by atoms with Gasteiger partial charge in [0.2, 0.25) is 0 Å². The van der Waals surface area contributed by atoms with E-state index < -0.39 is 4.92 Å². The number of nitro groups is 1. The van der Waals surface area contributed by atoms with Gasteiger partial charge in [-0.3, -0.25) is 19.9 Å². The van der Waals surface area contributed by atoms with Gasteiger partial charge in [0.25, 0.3) is 11.6 Å². The van der Waals surface area contributed by atoms with Crippen molar-refractivity contribution in [2.45, 2.75) is 87.0 Å². The predicted molar refractivity (Wildman–Crippen MR) is 191 cm³/mol. The lowest BCUT2D eigenvalue weighted by Crippen LogP contribution is -2.25. The number of carbonyl (C=O) groups is 1. The van der Waals surface area contributed by atoms with Crippen molar-refractivity contribution in [2.24, 2.45) is 5.92 Å². The van der Waals surface area contributed by atoms with Crippen LogP contribution in [-0.2, 0) is 0 Å². The Morgan fingerprint density at radius 2 is 1.61 bits per heavy atom. The fraction of sp³-hybridized carbons (Fsp3) is 0.472. The van der Waals surface area contributed by atoms with Crippen molar-refractivity contribution in [3.05, 3.63) is 93.5 Å². The summed E-state index contributed by atoms with van der Waals surface area (Å²) in [5.74, 6) is 0.321. The van der Waals surface area contributed by atoms with Crippen molar-refractivity contribution in [3.8, 4) is 0 Å². The molecule has 2 atom stereocenters. The summed E-state index contributed by atoms with van der Waals surface area (Å²) in [5.41, 5.74) is 9.70.